The summed E-state index contributed by atoms with van der Waals surface area (Å²) in [4.78, 5) is 12.8. The van der Waals surface area contributed by atoms with Crippen molar-refractivity contribution in [1.29, 1.82) is 0 Å². The molecule has 150 valence electrons. The summed E-state index contributed by atoms with van der Waals surface area (Å²) in [5.74, 6) is -0.557. The van der Waals surface area contributed by atoms with Crippen LogP contribution < -0.4 is 10.2 Å². The third-order valence-corrected chi connectivity index (χ3v) is 7.23. The molecule has 0 aliphatic carbocycles. The standard InChI is InChI=1S/C18H18BrFN2O5S/c19-11-1-6-14-16(9-11)22(18(24)25)10-15(21-7-8-23)17(14)28(26,27)13-4-2-12(20)3-5-13/h1-6,9,15,17,21,23H,7-8,10H2,(H,24,25). The van der Waals surface area contributed by atoms with E-state index in [4.69, 9.17) is 5.11 Å². The van der Waals surface area contributed by atoms with Crippen molar-refractivity contribution in [2.75, 3.05) is 24.6 Å². The van der Waals surface area contributed by atoms with Gasteiger partial charge in [-0.2, -0.15) is 0 Å². The highest BCUT2D eigenvalue weighted by Gasteiger charge is 2.43. The quantitative estimate of drug-likeness (QED) is 0.577. The first-order valence-electron chi connectivity index (χ1n) is 8.39. The molecule has 2 aromatic carbocycles. The number of carbonyl (C=O) groups is 1. The van der Waals surface area contributed by atoms with Crippen LogP contribution in [-0.2, 0) is 9.84 Å². The Labute approximate surface area is 169 Å². The molecule has 1 heterocycles. The van der Waals surface area contributed by atoms with E-state index in [0.29, 0.717) is 10.0 Å². The zero-order chi connectivity index (χ0) is 20.5. The van der Waals surface area contributed by atoms with Crippen molar-refractivity contribution in [1.82, 2.24) is 5.32 Å². The van der Waals surface area contributed by atoms with Crippen molar-refractivity contribution >= 4 is 37.5 Å². The van der Waals surface area contributed by atoms with E-state index >= 15 is 0 Å². The van der Waals surface area contributed by atoms with Gasteiger partial charge in [0.25, 0.3) is 0 Å². The van der Waals surface area contributed by atoms with Gasteiger partial charge in [0.15, 0.2) is 9.84 Å². The summed E-state index contributed by atoms with van der Waals surface area (Å²) in [6, 6.07) is 8.47. The summed E-state index contributed by atoms with van der Waals surface area (Å²) in [6.07, 6.45) is -1.22. The number of fused-ring (bicyclic) bond motifs is 1. The Hall–Kier alpha value is -2.01. The van der Waals surface area contributed by atoms with Crippen LogP contribution in [0, 0.1) is 5.82 Å². The first-order chi connectivity index (χ1) is 13.3. The molecule has 1 aliphatic heterocycles. The first kappa shape index (κ1) is 20.7. The number of halogens is 2. The van der Waals surface area contributed by atoms with E-state index in [0.717, 1.165) is 17.0 Å². The fourth-order valence-corrected chi connectivity index (χ4v) is 5.66. The Morgan fingerprint density at radius 1 is 1.25 bits per heavy atom. The number of amides is 1. The number of aliphatic hydroxyl groups excluding tert-OH is 1. The van der Waals surface area contributed by atoms with Crippen LogP contribution in [0.1, 0.15) is 10.8 Å². The van der Waals surface area contributed by atoms with Gasteiger partial charge in [0.2, 0.25) is 0 Å². The molecule has 0 spiro atoms. The molecular weight excluding hydrogens is 455 g/mol. The van der Waals surface area contributed by atoms with Crippen molar-refractivity contribution in [2.24, 2.45) is 0 Å². The molecular formula is C18H18BrFN2O5S. The van der Waals surface area contributed by atoms with E-state index in [9.17, 15) is 22.7 Å². The zero-order valence-electron chi connectivity index (χ0n) is 14.5. The highest BCUT2D eigenvalue weighted by Crippen LogP contribution is 2.42. The van der Waals surface area contributed by atoms with Crippen LogP contribution in [0.5, 0.6) is 0 Å². The topological polar surface area (TPSA) is 107 Å². The molecule has 3 rings (SSSR count). The summed E-state index contributed by atoms with van der Waals surface area (Å²) >= 11 is 3.29. The summed E-state index contributed by atoms with van der Waals surface area (Å²) in [7, 11) is -3.98. The second kappa shape index (κ2) is 8.16. The van der Waals surface area contributed by atoms with E-state index in [1.807, 2.05) is 0 Å². The van der Waals surface area contributed by atoms with Gasteiger partial charge < -0.3 is 15.5 Å². The summed E-state index contributed by atoms with van der Waals surface area (Å²) in [6.45, 7) is -0.261. The Bertz CT molecular complexity index is 984. The summed E-state index contributed by atoms with van der Waals surface area (Å²) in [5.41, 5.74) is 0.580. The Kier molecular flexibility index (Phi) is 6.04. The predicted octanol–water partition coefficient (Wildman–Crippen LogP) is 2.55. The number of nitrogens with zero attached hydrogens (tertiary/aromatic N) is 1. The highest BCUT2D eigenvalue weighted by atomic mass is 79.9. The van der Waals surface area contributed by atoms with Gasteiger partial charge in [-0.1, -0.05) is 22.0 Å². The van der Waals surface area contributed by atoms with Gasteiger partial charge in [0.05, 0.1) is 17.2 Å². The number of hydrogen-bond donors (Lipinski definition) is 3. The molecule has 2 aromatic rings. The molecule has 0 fully saturated rings. The average Bonchev–Trinajstić information content (AvgIpc) is 2.65. The van der Waals surface area contributed by atoms with Gasteiger partial charge in [0, 0.05) is 23.6 Å². The number of anilines is 1. The zero-order valence-corrected chi connectivity index (χ0v) is 17.0. The van der Waals surface area contributed by atoms with Crippen molar-refractivity contribution in [3.8, 4) is 0 Å². The number of carboxylic acid groups (broad SMARTS) is 1. The molecule has 0 aromatic heterocycles. The van der Waals surface area contributed by atoms with Crippen molar-refractivity contribution in [3.05, 3.63) is 58.3 Å². The largest absolute Gasteiger partial charge is 0.465 e. The molecule has 2 unspecified atom stereocenters. The second-order valence-corrected chi connectivity index (χ2v) is 9.29. The lowest BCUT2D eigenvalue weighted by Gasteiger charge is -2.39. The minimum atomic E-state index is -3.98. The molecule has 10 heteroatoms. The van der Waals surface area contributed by atoms with E-state index < -0.39 is 33.0 Å². The van der Waals surface area contributed by atoms with E-state index in [2.05, 4.69) is 21.2 Å². The van der Waals surface area contributed by atoms with Crippen molar-refractivity contribution in [2.45, 2.75) is 16.2 Å². The number of sulfone groups is 1. The second-order valence-electron chi connectivity index (χ2n) is 6.30. The lowest BCUT2D eigenvalue weighted by atomic mass is 9.97. The monoisotopic (exact) mass is 472 g/mol. The van der Waals surface area contributed by atoms with Gasteiger partial charge in [-0.3, -0.25) is 4.90 Å². The number of hydrogen-bond acceptors (Lipinski definition) is 5. The maximum Gasteiger partial charge on any atom is 0.411 e. The average molecular weight is 473 g/mol. The lowest BCUT2D eigenvalue weighted by Crippen LogP contribution is -2.52. The van der Waals surface area contributed by atoms with E-state index in [1.165, 1.54) is 12.1 Å². The fraction of sp³-hybridized carbons (Fsp3) is 0.278. The van der Waals surface area contributed by atoms with Crippen LogP contribution in [0.25, 0.3) is 0 Å². The van der Waals surface area contributed by atoms with E-state index in [1.54, 1.807) is 18.2 Å². The normalized spacial score (nSPS) is 19.3. The maximum absolute atomic E-state index is 13.4. The fourth-order valence-electron chi connectivity index (χ4n) is 3.36. The molecule has 0 bridgehead atoms. The van der Waals surface area contributed by atoms with Gasteiger partial charge in [-0.05, 0) is 42.0 Å². The van der Waals surface area contributed by atoms with Gasteiger partial charge in [-0.15, -0.1) is 0 Å². The highest BCUT2D eigenvalue weighted by molar-refractivity contribution is 9.10. The van der Waals surface area contributed by atoms with Crippen LogP contribution in [0.15, 0.2) is 51.8 Å². The molecule has 28 heavy (non-hydrogen) atoms. The molecule has 2 atom stereocenters. The summed E-state index contributed by atoms with van der Waals surface area (Å²) < 4.78 is 40.7. The van der Waals surface area contributed by atoms with Crippen LogP contribution in [0.3, 0.4) is 0 Å². The van der Waals surface area contributed by atoms with Gasteiger partial charge in [0.1, 0.15) is 11.1 Å². The number of nitrogens with one attached hydrogen (secondary N) is 1. The minimum absolute atomic E-state index is 0.0626. The number of aliphatic hydroxyl groups is 1. The Balaban J connectivity index is 2.18. The lowest BCUT2D eigenvalue weighted by molar-refractivity contribution is 0.199. The molecule has 0 saturated carbocycles. The van der Waals surface area contributed by atoms with Gasteiger partial charge >= 0.3 is 6.09 Å². The van der Waals surface area contributed by atoms with Crippen LogP contribution in [-0.4, -0.2) is 50.5 Å². The minimum Gasteiger partial charge on any atom is -0.465 e. The number of benzene rings is 2. The molecule has 3 N–H and O–H groups in total. The van der Waals surface area contributed by atoms with Crippen molar-refractivity contribution < 1.29 is 27.8 Å². The first-order valence-corrected chi connectivity index (χ1v) is 10.7. The predicted molar refractivity (Wildman–Crippen MR) is 105 cm³/mol. The third kappa shape index (κ3) is 3.90. The SMILES string of the molecule is O=C(O)N1CC(NCCO)C(S(=O)(=O)c2ccc(F)cc2)c2ccc(Br)cc21. The maximum atomic E-state index is 13.4. The van der Waals surface area contributed by atoms with E-state index in [-0.39, 0.29) is 30.3 Å². The molecule has 1 aliphatic rings. The van der Waals surface area contributed by atoms with Crippen LogP contribution in [0.4, 0.5) is 14.9 Å². The van der Waals surface area contributed by atoms with Crippen molar-refractivity contribution in [3.63, 3.8) is 0 Å². The van der Waals surface area contributed by atoms with Crippen LogP contribution in [0.2, 0.25) is 0 Å². The molecule has 1 amide bonds. The number of rotatable bonds is 5. The Morgan fingerprint density at radius 2 is 1.93 bits per heavy atom. The molecule has 0 saturated heterocycles. The molecule has 7 nitrogen and oxygen atoms in total. The third-order valence-electron chi connectivity index (χ3n) is 4.56. The molecule has 0 radical (unpaired) electrons. The summed E-state index contributed by atoms with van der Waals surface area (Å²) in [5, 5.41) is 20.6. The van der Waals surface area contributed by atoms with Gasteiger partial charge in [-0.25, -0.2) is 17.6 Å². The Morgan fingerprint density at radius 3 is 2.54 bits per heavy atom. The smallest absolute Gasteiger partial charge is 0.411 e. The van der Waals surface area contributed by atoms with Crippen LogP contribution >= 0.6 is 15.9 Å².